The van der Waals surface area contributed by atoms with Crippen molar-refractivity contribution in [2.45, 2.75) is 13.1 Å². The Kier molecular flexibility index (Phi) is 8.69. The third-order valence-corrected chi connectivity index (χ3v) is 6.87. The molecule has 0 atom stereocenters. The summed E-state index contributed by atoms with van der Waals surface area (Å²) in [5.41, 5.74) is 4.84. The van der Waals surface area contributed by atoms with Gasteiger partial charge in [-0.05, 0) is 59.0 Å². The summed E-state index contributed by atoms with van der Waals surface area (Å²) in [6, 6.07) is 22.6. The minimum atomic E-state index is -0.242. The number of hydrogen-bond donors (Lipinski definition) is 5. The van der Waals surface area contributed by atoms with Gasteiger partial charge < -0.3 is 16.0 Å². The topological polar surface area (TPSA) is 135 Å². The molecule has 0 aliphatic heterocycles. The molecule has 3 heterocycles. The highest BCUT2D eigenvalue weighted by atomic mass is 32.1. The molecule has 3 aromatic heterocycles. The second-order valence-corrected chi connectivity index (χ2v) is 9.73. The van der Waals surface area contributed by atoms with Gasteiger partial charge in [-0.25, -0.2) is 0 Å². The summed E-state index contributed by atoms with van der Waals surface area (Å²) in [5.74, 6) is 0.0855. The standard InChI is InChI=1S/C29H27N7O3S/c37-29(28-26(11-14-40-28)32-18-21-10-13-31-25-9-2-1-8-24(21)25)35-23-7-3-6-22(15-23)34-27(19-36(38)39)33-17-20-5-4-12-30-16-20/h1-16,32,38-39H,17-19H2,(H,33,34)(H,35,37). The maximum atomic E-state index is 13.2. The maximum Gasteiger partial charge on any atom is 0.267 e. The van der Waals surface area contributed by atoms with Crippen LogP contribution in [0.3, 0.4) is 0 Å². The van der Waals surface area contributed by atoms with Gasteiger partial charge in [-0.15, -0.1) is 11.3 Å². The lowest BCUT2D eigenvalue weighted by Gasteiger charge is -2.14. The molecule has 0 fully saturated rings. The van der Waals surface area contributed by atoms with E-state index in [9.17, 15) is 15.2 Å². The van der Waals surface area contributed by atoms with Crippen molar-refractivity contribution >= 4 is 51.0 Å². The number of carbonyl (C=O) groups excluding carboxylic acids is 1. The van der Waals surface area contributed by atoms with Gasteiger partial charge in [0.15, 0.2) is 0 Å². The SMILES string of the molecule is O=C(Nc1cccc(NC(CN(O)O)=NCc2cccnc2)c1)c1sccc1NCc1ccnc2ccccc12. The molecule has 5 rings (SSSR count). The number of hydrogen-bond acceptors (Lipinski definition) is 9. The monoisotopic (exact) mass is 553 g/mol. The number of anilines is 3. The van der Waals surface area contributed by atoms with E-state index < -0.39 is 0 Å². The van der Waals surface area contributed by atoms with E-state index in [-0.39, 0.29) is 17.7 Å². The number of thiophene rings is 1. The van der Waals surface area contributed by atoms with Gasteiger partial charge in [-0.1, -0.05) is 35.6 Å². The quantitative estimate of drug-likeness (QED) is 0.0851. The minimum Gasteiger partial charge on any atom is -0.380 e. The van der Waals surface area contributed by atoms with Crippen molar-refractivity contribution < 1.29 is 15.2 Å². The fourth-order valence-electron chi connectivity index (χ4n) is 4.09. The van der Waals surface area contributed by atoms with Gasteiger partial charge in [-0.3, -0.25) is 30.2 Å². The molecule has 0 aliphatic rings. The molecule has 202 valence electrons. The Morgan fingerprint density at radius 3 is 2.62 bits per heavy atom. The number of amidine groups is 1. The van der Waals surface area contributed by atoms with Crippen molar-refractivity contribution in [1.82, 2.24) is 15.2 Å². The van der Waals surface area contributed by atoms with Crippen LogP contribution in [0.1, 0.15) is 20.8 Å². The summed E-state index contributed by atoms with van der Waals surface area (Å²) >= 11 is 1.35. The highest BCUT2D eigenvalue weighted by molar-refractivity contribution is 7.12. The number of nitrogens with one attached hydrogen (secondary N) is 3. The summed E-state index contributed by atoms with van der Waals surface area (Å²) in [5, 5.41) is 31.2. The summed E-state index contributed by atoms with van der Waals surface area (Å²) < 4.78 is 0. The van der Waals surface area contributed by atoms with E-state index in [4.69, 9.17) is 0 Å². The third kappa shape index (κ3) is 7.04. The molecule has 2 aromatic carbocycles. The Morgan fingerprint density at radius 2 is 1.80 bits per heavy atom. The molecule has 1 amide bonds. The van der Waals surface area contributed by atoms with Crippen LogP contribution in [0.2, 0.25) is 0 Å². The first-order chi connectivity index (χ1) is 19.5. The molecule has 0 radical (unpaired) electrons. The Morgan fingerprint density at radius 1 is 0.950 bits per heavy atom. The van der Waals surface area contributed by atoms with Crippen LogP contribution in [0.25, 0.3) is 10.9 Å². The zero-order valence-corrected chi connectivity index (χ0v) is 22.2. The van der Waals surface area contributed by atoms with Crippen LogP contribution in [0.15, 0.2) is 102 Å². The molecule has 0 bridgehead atoms. The van der Waals surface area contributed by atoms with Crippen molar-refractivity contribution in [3.8, 4) is 0 Å². The number of aromatic nitrogens is 2. The molecule has 0 saturated carbocycles. The van der Waals surface area contributed by atoms with Crippen molar-refractivity contribution in [2.75, 3.05) is 22.5 Å². The lowest BCUT2D eigenvalue weighted by Crippen LogP contribution is -2.28. The van der Waals surface area contributed by atoms with Crippen molar-refractivity contribution in [3.63, 3.8) is 0 Å². The lowest BCUT2D eigenvalue weighted by molar-refractivity contribution is -0.296. The largest absolute Gasteiger partial charge is 0.380 e. The van der Waals surface area contributed by atoms with Gasteiger partial charge in [0.2, 0.25) is 0 Å². The van der Waals surface area contributed by atoms with E-state index in [0.717, 1.165) is 27.7 Å². The van der Waals surface area contributed by atoms with E-state index in [1.807, 2.05) is 53.9 Å². The molecular formula is C29H27N7O3S. The van der Waals surface area contributed by atoms with Crippen LogP contribution in [0.4, 0.5) is 17.1 Å². The van der Waals surface area contributed by atoms with E-state index in [1.165, 1.54) is 11.3 Å². The normalized spacial score (nSPS) is 11.5. The van der Waals surface area contributed by atoms with Gasteiger partial charge in [0.1, 0.15) is 17.3 Å². The first-order valence-corrected chi connectivity index (χ1v) is 13.3. The van der Waals surface area contributed by atoms with Crippen LogP contribution >= 0.6 is 11.3 Å². The van der Waals surface area contributed by atoms with E-state index in [1.54, 1.807) is 42.9 Å². The molecule has 0 spiro atoms. The number of hydroxylamine groups is 2. The predicted molar refractivity (Wildman–Crippen MR) is 157 cm³/mol. The van der Waals surface area contributed by atoms with E-state index in [2.05, 4.69) is 30.9 Å². The number of amides is 1. The van der Waals surface area contributed by atoms with Crippen molar-refractivity contribution in [1.29, 1.82) is 0 Å². The molecule has 11 heteroatoms. The first-order valence-electron chi connectivity index (χ1n) is 12.4. The summed E-state index contributed by atoms with van der Waals surface area (Å²) in [6.07, 6.45) is 5.16. The minimum absolute atomic E-state index is 0.0563. The lowest BCUT2D eigenvalue weighted by atomic mass is 10.1. The highest BCUT2D eigenvalue weighted by Crippen LogP contribution is 2.26. The summed E-state index contributed by atoms with van der Waals surface area (Å²) in [6.45, 7) is 0.616. The zero-order chi connectivity index (χ0) is 27.7. The number of nitrogens with zero attached hydrogens (tertiary/aromatic N) is 4. The van der Waals surface area contributed by atoms with E-state index >= 15 is 0 Å². The smallest absolute Gasteiger partial charge is 0.267 e. The molecule has 0 unspecified atom stereocenters. The Bertz CT molecular complexity index is 1620. The summed E-state index contributed by atoms with van der Waals surface area (Å²) in [4.78, 5) is 26.7. The molecular weight excluding hydrogens is 526 g/mol. The average molecular weight is 554 g/mol. The fourth-order valence-corrected chi connectivity index (χ4v) is 4.86. The van der Waals surface area contributed by atoms with Gasteiger partial charge in [0.05, 0.1) is 17.7 Å². The second kappa shape index (κ2) is 12.9. The van der Waals surface area contributed by atoms with Crippen LogP contribution in [-0.4, -0.2) is 43.9 Å². The second-order valence-electron chi connectivity index (χ2n) is 8.82. The third-order valence-electron chi connectivity index (χ3n) is 5.96. The zero-order valence-electron chi connectivity index (χ0n) is 21.4. The number of carbonyl (C=O) groups is 1. The number of benzene rings is 2. The molecule has 0 aliphatic carbocycles. The highest BCUT2D eigenvalue weighted by Gasteiger charge is 2.15. The van der Waals surface area contributed by atoms with Crippen LogP contribution in [0, 0.1) is 0 Å². The number of aliphatic imine (C=N–C) groups is 1. The fraction of sp³-hybridized carbons (Fsp3) is 0.103. The molecule has 0 saturated heterocycles. The Labute approximate surface area is 234 Å². The maximum absolute atomic E-state index is 13.2. The van der Waals surface area contributed by atoms with E-state index in [0.29, 0.717) is 35.2 Å². The Balaban J connectivity index is 1.25. The summed E-state index contributed by atoms with van der Waals surface area (Å²) in [7, 11) is 0. The van der Waals surface area contributed by atoms with Crippen LogP contribution in [0.5, 0.6) is 0 Å². The number of pyridine rings is 2. The number of fused-ring (bicyclic) bond motifs is 1. The van der Waals surface area contributed by atoms with Crippen LogP contribution < -0.4 is 16.0 Å². The van der Waals surface area contributed by atoms with Gasteiger partial charge in [0, 0.05) is 41.9 Å². The van der Waals surface area contributed by atoms with Crippen LogP contribution in [-0.2, 0) is 13.1 Å². The molecule has 5 N–H and O–H groups in total. The van der Waals surface area contributed by atoms with Crippen molar-refractivity contribution in [2.24, 2.45) is 4.99 Å². The number of rotatable bonds is 10. The van der Waals surface area contributed by atoms with Gasteiger partial charge in [0.25, 0.3) is 5.91 Å². The molecule has 5 aromatic rings. The first kappa shape index (κ1) is 26.9. The van der Waals surface area contributed by atoms with Gasteiger partial charge in [-0.2, -0.15) is 0 Å². The predicted octanol–water partition coefficient (Wildman–Crippen LogP) is 5.65. The Hall–Kier alpha value is -4.68. The number of para-hydroxylation sites is 1. The van der Waals surface area contributed by atoms with Gasteiger partial charge >= 0.3 is 0 Å². The molecule has 40 heavy (non-hydrogen) atoms. The average Bonchev–Trinajstić information content (AvgIpc) is 3.44. The van der Waals surface area contributed by atoms with Crippen molar-refractivity contribution in [3.05, 3.63) is 113 Å². The molecule has 10 nitrogen and oxygen atoms in total.